The molecule has 0 aliphatic heterocycles. The van der Waals surface area contributed by atoms with Crippen molar-refractivity contribution < 1.29 is 14.3 Å². The fraction of sp³-hybridized carbons (Fsp3) is 0.312. The molecule has 0 fully saturated rings. The standard InChI is InChI=1S/C16H18N2O3S/c1-4-11-5-7-12(8-6-11)15-17-13(10-22-15)16(20)21-9-14(19)18(2)3/h5-8,10H,4,9H2,1-3H3. The molecule has 0 atom stereocenters. The summed E-state index contributed by atoms with van der Waals surface area (Å²) in [6.07, 6.45) is 0.982. The highest BCUT2D eigenvalue weighted by atomic mass is 32.1. The summed E-state index contributed by atoms with van der Waals surface area (Å²) < 4.78 is 4.95. The second kappa shape index (κ2) is 7.17. The Morgan fingerprint density at radius 3 is 2.50 bits per heavy atom. The van der Waals surface area contributed by atoms with Crippen LogP contribution in [-0.2, 0) is 16.0 Å². The highest BCUT2D eigenvalue weighted by molar-refractivity contribution is 7.13. The molecule has 0 spiro atoms. The number of aryl methyl sites for hydroxylation is 1. The number of ether oxygens (including phenoxy) is 1. The maximum Gasteiger partial charge on any atom is 0.358 e. The molecule has 2 aromatic rings. The summed E-state index contributed by atoms with van der Waals surface area (Å²) in [7, 11) is 3.22. The summed E-state index contributed by atoms with van der Waals surface area (Å²) in [5, 5.41) is 2.40. The Hall–Kier alpha value is -2.21. The number of aromatic nitrogens is 1. The van der Waals surface area contributed by atoms with Gasteiger partial charge in [0.05, 0.1) is 0 Å². The van der Waals surface area contributed by atoms with Crippen molar-refractivity contribution in [2.24, 2.45) is 0 Å². The topological polar surface area (TPSA) is 59.5 Å². The van der Waals surface area contributed by atoms with Crippen molar-refractivity contribution in [3.63, 3.8) is 0 Å². The van der Waals surface area contributed by atoms with Crippen LogP contribution in [-0.4, -0.2) is 42.5 Å². The van der Waals surface area contributed by atoms with E-state index >= 15 is 0 Å². The summed E-state index contributed by atoms with van der Waals surface area (Å²) >= 11 is 1.38. The van der Waals surface area contributed by atoms with E-state index < -0.39 is 5.97 Å². The van der Waals surface area contributed by atoms with Crippen molar-refractivity contribution in [1.29, 1.82) is 0 Å². The zero-order valence-electron chi connectivity index (χ0n) is 12.8. The third-order valence-corrected chi connectivity index (χ3v) is 4.04. The molecule has 0 saturated heterocycles. The van der Waals surface area contributed by atoms with Crippen molar-refractivity contribution in [3.8, 4) is 10.6 Å². The summed E-state index contributed by atoms with van der Waals surface area (Å²) in [4.78, 5) is 28.9. The van der Waals surface area contributed by atoms with Crippen LogP contribution < -0.4 is 0 Å². The number of rotatable bonds is 5. The monoisotopic (exact) mass is 318 g/mol. The lowest BCUT2D eigenvalue weighted by Gasteiger charge is -2.09. The lowest BCUT2D eigenvalue weighted by Crippen LogP contribution is -2.27. The van der Waals surface area contributed by atoms with Crippen molar-refractivity contribution in [2.45, 2.75) is 13.3 Å². The molecule has 1 amide bonds. The third kappa shape index (κ3) is 3.92. The average molecular weight is 318 g/mol. The Balaban J connectivity index is 2.03. The van der Waals surface area contributed by atoms with Crippen LogP contribution >= 0.6 is 11.3 Å². The third-order valence-electron chi connectivity index (χ3n) is 3.15. The van der Waals surface area contributed by atoms with Gasteiger partial charge in [0, 0.05) is 25.0 Å². The van der Waals surface area contributed by atoms with E-state index in [0.29, 0.717) is 0 Å². The first-order chi connectivity index (χ1) is 10.5. The maximum atomic E-state index is 11.9. The Morgan fingerprint density at radius 2 is 1.91 bits per heavy atom. The van der Waals surface area contributed by atoms with E-state index in [4.69, 9.17) is 4.74 Å². The molecule has 1 heterocycles. The first-order valence-electron chi connectivity index (χ1n) is 6.93. The molecule has 1 aromatic carbocycles. The molecule has 0 N–H and O–H groups in total. The number of amides is 1. The zero-order valence-corrected chi connectivity index (χ0v) is 13.6. The second-order valence-corrected chi connectivity index (χ2v) is 5.81. The van der Waals surface area contributed by atoms with Gasteiger partial charge >= 0.3 is 5.97 Å². The molecule has 0 aliphatic rings. The second-order valence-electron chi connectivity index (χ2n) is 4.95. The predicted octanol–water partition coefficient (Wildman–Crippen LogP) is 2.62. The number of hydrogen-bond acceptors (Lipinski definition) is 5. The van der Waals surface area contributed by atoms with Crippen LogP contribution in [0.5, 0.6) is 0 Å². The Bertz CT molecular complexity index is 662. The summed E-state index contributed by atoms with van der Waals surface area (Å²) in [5.41, 5.74) is 2.44. The molecule has 0 unspecified atom stereocenters. The van der Waals surface area contributed by atoms with Gasteiger partial charge < -0.3 is 9.64 Å². The van der Waals surface area contributed by atoms with Gasteiger partial charge in [-0.1, -0.05) is 31.2 Å². The van der Waals surface area contributed by atoms with Crippen LogP contribution in [0.1, 0.15) is 23.0 Å². The molecule has 0 aliphatic carbocycles. The van der Waals surface area contributed by atoms with Gasteiger partial charge in [-0.3, -0.25) is 4.79 Å². The van der Waals surface area contributed by atoms with E-state index in [0.717, 1.165) is 17.0 Å². The average Bonchev–Trinajstić information content (AvgIpc) is 3.02. The molecular weight excluding hydrogens is 300 g/mol. The molecule has 2 rings (SSSR count). The van der Waals surface area contributed by atoms with Crippen molar-refractivity contribution in [2.75, 3.05) is 20.7 Å². The SMILES string of the molecule is CCc1ccc(-c2nc(C(=O)OCC(=O)N(C)C)cs2)cc1. The molecule has 6 heteroatoms. The lowest BCUT2D eigenvalue weighted by atomic mass is 10.1. The molecule has 0 radical (unpaired) electrons. The minimum Gasteiger partial charge on any atom is -0.451 e. The Labute approximate surface area is 133 Å². The maximum absolute atomic E-state index is 11.9. The van der Waals surface area contributed by atoms with Crippen LogP contribution in [0.4, 0.5) is 0 Å². The van der Waals surface area contributed by atoms with Gasteiger partial charge in [0.25, 0.3) is 5.91 Å². The van der Waals surface area contributed by atoms with Gasteiger partial charge in [-0.25, -0.2) is 9.78 Å². The summed E-state index contributed by atoms with van der Waals surface area (Å²) in [5.74, 6) is -0.846. The molecule has 0 bridgehead atoms. The molecular formula is C16H18N2O3S. The number of hydrogen-bond donors (Lipinski definition) is 0. The van der Waals surface area contributed by atoms with Crippen LogP contribution in [0.2, 0.25) is 0 Å². The molecule has 1 aromatic heterocycles. The Kier molecular flexibility index (Phi) is 5.27. The lowest BCUT2D eigenvalue weighted by molar-refractivity contribution is -0.131. The van der Waals surface area contributed by atoms with Gasteiger partial charge in [0.2, 0.25) is 0 Å². The van der Waals surface area contributed by atoms with Crippen molar-refractivity contribution >= 4 is 23.2 Å². The predicted molar refractivity (Wildman–Crippen MR) is 85.9 cm³/mol. The number of benzene rings is 1. The highest BCUT2D eigenvalue weighted by Crippen LogP contribution is 2.24. The normalized spacial score (nSPS) is 10.3. The highest BCUT2D eigenvalue weighted by Gasteiger charge is 2.15. The van der Waals surface area contributed by atoms with Crippen molar-refractivity contribution in [1.82, 2.24) is 9.88 Å². The van der Waals surface area contributed by atoms with E-state index in [9.17, 15) is 9.59 Å². The first kappa shape index (κ1) is 16.2. The summed E-state index contributed by atoms with van der Waals surface area (Å²) in [6.45, 7) is 1.82. The van der Waals surface area contributed by atoms with Gasteiger partial charge in [-0.05, 0) is 12.0 Å². The van der Waals surface area contributed by atoms with Crippen LogP contribution in [0.25, 0.3) is 10.6 Å². The number of esters is 1. The molecule has 22 heavy (non-hydrogen) atoms. The fourth-order valence-electron chi connectivity index (χ4n) is 1.71. The molecule has 116 valence electrons. The molecule has 5 nitrogen and oxygen atoms in total. The number of carbonyl (C=O) groups is 2. The Morgan fingerprint density at radius 1 is 1.23 bits per heavy atom. The number of likely N-dealkylation sites (N-methyl/N-ethyl adjacent to an activating group) is 1. The minimum atomic E-state index is -0.581. The smallest absolute Gasteiger partial charge is 0.358 e. The largest absolute Gasteiger partial charge is 0.451 e. The fourth-order valence-corrected chi connectivity index (χ4v) is 2.51. The minimum absolute atomic E-state index is 0.228. The van der Waals surface area contributed by atoms with Crippen molar-refractivity contribution in [3.05, 3.63) is 40.9 Å². The van der Waals surface area contributed by atoms with Crippen LogP contribution in [0, 0.1) is 0 Å². The van der Waals surface area contributed by atoms with Gasteiger partial charge in [0.1, 0.15) is 5.01 Å². The summed E-state index contributed by atoms with van der Waals surface area (Å²) in [6, 6.07) is 8.07. The van der Waals surface area contributed by atoms with Crippen LogP contribution in [0.15, 0.2) is 29.6 Å². The van der Waals surface area contributed by atoms with E-state index in [1.807, 2.05) is 24.3 Å². The van der Waals surface area contributed by atoms with E-state index in [1.54, 1.807) is 19.5 Å². The zero-order chi connectivity index (χ0) is 16.1. The van der Waals surface area contributed by atoms with Crippen LogP contribution in [0.3, 0.4) is 0 Å². The number of thiazole rings is 1. The van der Waals surface area contributed by atoms with Gasteiger partial charge in [-0.15, -0.1) is 11.3 Å². The van der Waals surface area contributed by atoms with E-state index in [1.165, 1.54) is 21.8 Å². The quantitative estimate of drug-likeness (QED) is 0.795. The molecule has 0 saturated carbocycles. The van der Waals surface area contributed by atoms with Gasteiger partial charge in [0.15, 0.2) is 12.3 Å². The number of carbonyl (C=O) groups excluding carboxylic acids is 2. The van der Waals surface area contributed by atoms with E-state index in [2.05, 4.69) is 11.9 Å². The first-order valence-corrected chi connectivity index (χ1v) is 7.81. The number of nitrogens with zero attached hydrogens (tertiary/aromatic N) is 2. The van der Waals surface area contributed by atoms with Gasteiger partial charge in [-0.2, -0.15) is 0 Å². The van der Waals surface area contributed by atoms with E-state index in [-0.39, 0.29) is 18.2 Å².